The Balaban J connectivity index is 1.86. The van der Waals surface area contributed by atoms with Gasteiger partial charge in [-0.05, 0) is 56.7 Å². The zero-order chi connectivity index (χ0) is 22.8. The van der Waals surface area contributed by atoms with E-state index in [0.29, 0.717) is 37.9 Å². The van der Waals surface area contributed by atoms with Crippen molar-refractivity contribution in [2.75, 3.05) is 33.7 Å². The van der Waals surface area contributed by atoms with Crippen LogP contribution >= 0.6 is 0 Å². The van der Waals surface area contributed by atoms with Crippen LogP contribution in [0.25, 0.3) is 0 Å². The maximum absolute atomic E-state index is 12.4. The van der Waals surface area contributed by atoms with Gasteiger partial charge in [-0.15, -0.1) is 0 Å². The van der Waals surface area contributed by atoms with Crippen LogP contribution in [0.15, 0.2) is 42.0 Å². The zero-order valence-corrected chi connectivity index (χ0v) is 19.8. The first-order valence-electron chi connectivity index (χ1n) is 11.4. The molecule has 6 heteroatoms. The van der Waals surface area contributed by atoms with E-state index in [9.17, 15) is 9.59 Å². The van der Waals surface area contributed by atoms with Crippen molar-refractivity contribution in [3.05, 3.63) is 47.5 Å². The normalized spacial score (nSPS) is 21.0. The summed E-state index contributed by atoms with van der Waals surface area (Å²) < 4.78 is 0. The van der Waals surface area contributed by atoms with Gasteiger partial charge in [0.2, 0.25) is 5.91 Å². The van der Waals surface area contributed by atoms with Gasteiger partial charge in [-0.1, -0.05) is 55.8 Å². The highest BCUT2D eigenvalue weighted by Gasteiger charge is 2.32. The molecule has 6 nitrogen and oxygen atoms in total. The number of carbonyl (C=O) groups is 2. The highest BCUT2D eigenvalue weighted by atomic mass is 16.2. The van der Waals surface area contributed by atoms with Crippen molar-refractivity contribution in [1.82, 2.24) is 20.9 Å². The number of likely N-dealkylation sites (N-methyl/N-ethyl adjacent to an activating group) is 1. The lowest BCUT2D eigenvalue weighted by molar-refractivity contribution is -0.122. The number of hydrogen-bond donors (Lipinski definition) is 3. The molecule has 3 atom stereocenters. The Labute approximate surface area is 187 Å². The predicted molar refractivity (Wildman–Crippen MR) is 127 cm³/mol. The van der Waals surface area contributed by atoms with Gasteiger partial charge in [-0.2, -0.15) is 0 Å². The number of carbonyl (C=O) groups excluding carboxylic acids is 2. The van der Waals surface area contributed by atoms with Crippen molar-refractivity contribution < 1.29 is 9.59 Å². The summed E-state index contributed by atoms with van der Waals surface area (Å²) in [6, 6.07) is 9.76. The Kier molecular flexibility index (Phi) is 10.0. The molecule has 0 aliphatic heterocycles. The van der Waals surface area contributed by atoms with E-state index in [0.717, 1.165) is 18.5 Å². The summed E-state index contributed by atoms with van der Waals surface area (Å²) >= 11 is 0. The molecule has 0 saturated heterocycles. The van der Waals surface area contributed by atoms with E-state index in [1.54, 1.807) is 0 Å². The maximum Gasteiger partial charge on any atom is 0.315 e. The molecule has 0 radical (unpaired) electrons. The van der Waals surface area contributed by atoms with Gasteiger partial charge >= 0.3 is 6.03 Å². The molecule has 1 aromatic rings. The summed E-state index contributed by atoms with van der Waals surface area (Å²) in [5, 5.41) is 9.00. The third-order valence-electron chi connectivity index (χ3n) is 6.19. The van der Waals surface area contributed by atoms with Crippen LogP contribution in [0.5, 0.6) is 0 Å². The van der Waals surface area contributed by atoms with Gasteiger partial charge in [0.25, 0.3) is 0 Å². The number of benzene rings is 1. The lowest BCUT2D eigenvalue weighted by Gasteiger charge is -2.37. The quantitative estimate of drug-likeness (QED) is 0.500. The zero-order valence-electron chi connectivity index (χ0n) is 19.8. The molecule has 1 aliphatic carbocycles. The number of rotatable bonds is 10. The number of amides is 3. The second-order valence-corrected chi connectivity index (χ2v) is 9.32. The van der Waals surface area contributed by atoms with E-state index in [1.165, 1.54) is 5.57 Å². The summed E-state index contributed by atoms with van der Waals surface area (Å²) in [5.74, 6) is 1.62. The predicted octanol–water partition coefficient (Wildman–Crippen LogP) is 3.41. The first-order valence-corrected chi connectivity index (χ1v) is 11.4. The molecule has 2 rings (SSSR count). The second-order valence-electron chi connectivity index (χ2n) is 9.32. The van der Waals surface area contributed by atoms with Crippen LogP contribution in [-0.4, -0.2) is 50.6 Å². The van der Waals surface area contributed by atoms with Crippen LogP contribution in [0.1, 0.15) is 39.2 Å². The van der Waals surface area contributed by atoms with Gasteiger partial charge in [0, 0.05) is 32.6 Å². The minimum Gasteiger partial charge on any atom is -0.355 e. The van der Waals surface area contributed by atoms with Crippen molar-refractivity contribution in [2.45, 2.75) is 40.2 Å². The van der Waals surface area contributed by atoms with E-state index >= 15 is 0 Å². The molecule has 172 valence electrons. The molecule has 1 aliphatic rings. The molecule has 0 bridgehead atoms. The number of allylic oxidation sites excluding steroid dienone is 1. The second kappa shape index (κ2) is 12.5. The average Bonchev–Trinajstić information content (AvgIpc) is 2.72. The third kappa shape index (κ3) is 8.74. The first kappa shape index (κ1) is 24.9. The molecule has 0 saturated carbocycles. The molecule has 0 unspecified atom stereocenters. The molecule has 0 aromatic heterocycles. The number of nitrogens with zero attached hydrogens (tertiary/aromatic N) is 1. The van der Waals surface area contributed by atoms with E-state index < -0.39 is 0 Å². The summed E-state index contributed by atoms with van der Waals surface area (Å²) in [6.45, 7) is 9.25. The van der Waals surface area contributed by atoms with Crippen molar-refractivity contribution in [3.63, 3.8) is 0 Å². The van der Waals surface area contributed by atoms with E-state index in [4.69, 9.17) is 0 Å². The molecule has 3 N–H and O–H groups in total. The SMILES string of the molecule is CC1=C[C@@H](CNC(=O)NCc2ccccc2)[C@H](C(C)C)C[C@H]1CC(=O)NCCN(C)C. The minimum absolute atomic E-state index is 0.124. The van der Waals surface area contributed by atoms with Gasteiger partial charge in [-0.25, -0.2) is 4.79 Å². The summed E-state index contributed by atoms with van der Waals surface area (Å²) in [6.07, 6.45) is 3.80. The first-order chi connectivity index (χ1) is 14.8. The molecule has 0 fully saturated rings. The van der Waals surface area contributed by atoms with Gasteiger partial charge in [0.1, 0.15) is 0 Å². The van der Waals surface area contributed by atoms with Crippen LogP contribution in [0, 0.1) is 23.7 Å². The largest absolute Gasteiger partial charge is 0.355 e. The van der Waals surface area contributed by atoms with Crippen molar-refractivity contribution in [1.29, 1.82) is 0 Å². The average molecular weight is 429 g/mol. The van der Waals surface area contributed by atoms with Crippen LogP contribution in [0.4, 0.5) is 4.79 Å². The fourth-order valence-electron chi connectivity index (χ4n) is 4.27. The third-order valence-corrected chi connectivity index (χ3v) is 6.19. The van der Waals surface area contributed by atoms with Crippen LogP contribution in [0.2, 0.25) is 0 Å². The fraction of sp³-hybridized carbons (Fsp3) is 0.600. The van der Waals surface area contributed by atoms with Gasteiger partial charge in [-0.3, -0.25) is 4.79 Å². The number of nitrogens with one attached hydrogen (secondary N) is 3. The monoisotopic (exact) mass is 428 g/mol. The molecule has 0 heterocycles. The summed E-state index contributed by atoms with van der Waals surface area (Å²) in [7, 11) is 4.01. The topological polar surface area (TPSA) is 73.5 Å². The molecular weight excluding hydrogens is 388 g/mol. The van der Waals surface area contributed by atoms with Gasteiger partial charge < -0.3 is 20.9 Å². The van der Waals surface area contributed by atoms with Crippen molar-refractivity contribution in [3.8, 4) is 0 Å². The van der Waals surface area contributed by atoms with Gasteiger partial charge in [0.15, 0.2) is 0 Å². The Bertz CT molecular complexity index is 730. The molecule has 3 amide bonds. The minimum atomic E-state index is -0.139. The number of hydrogen-bond acceptors (Lipinski definition) is 3. The molecule has 0 spiro atoms. The Morgan fingerprint density at radius 2 is 1.81 bits per heavy atom. The molecule has 31 heavy (non-hydrogen) atoms. The Hall–Kier alpha value is -2.34. The Morgan fingerprint density at radius 3 is 2.45 bits per heavy atom. The lowest BCUT2D eigenvalue weighted by atomic mass is 9.70. The van der Waals surface area contributed by atoms with Crippen molar-refractivity contribution in [2.24, 2.45) is 23.7 Å². The smallest absolute Gasteiger partial charge is 0.315 e. The summed E-state index contributed by atoms with van der Waals surface area (Å²) in [4.78, 5) is 26.7. The highest BCUT2D eigenvalue weighted by molar-refractivity contribution is 5.76. The van der Waals surface area contributed by atoms with Crippen LogP contribution in [0.3, 0.4) is 0 Å². The maximum atomic E-state index is 12.4. The van der Waals surface area contributed by atoms with Crippen LogP contribution in [-0.2, 0) is 11.3 Å². The van der Waals surface area contributed by atoms with E-state index in [2.05, 4.69) is 47.7 Å². The van der Waals surface area contributed by atoms with Crippen LogP contribution < -0.4 is 16.0 Å². The molecule has 1 aromatic carbocycles. The molecular formula is C25H40N4O2. The number of urea groups is 1. The van der Waals surface area contributed by atoms with E-state index in [1.807, 2.05) is 44.4 Å². The van der Waals surface area contributed by atoms with E-state index in [-0.39, 0.29) is 23.8 Å². The Morgan fingerprint density at radius 1 is 1.10 bits per heavy atom. The highest BCUT2D eigenvalue weighted by Crippen LogP contribution is 2.38. The fourth-order valence-corrected chi connectivity index (χ4v) is 4.27. The standard InChI is InChI=1S/C25H40N4O2/c1-18(2)23-14-21(15-24(30)26-11-12-29(4)5)19(3)13-22(23)17-28-25(31)27-16-20-9-7-6-8-10-20/h6-10,13,18,21-23H,11-12,14-17H2,1-5H3,(H,26,30)(H2,27,28,31)/t21-,22-,23-/m0/s1. The summed E-state index contributed by atoms with van der Waals surface area (Å²) in [5.41, 5.74) is 2.34. The van der Waals surface area contributed by atoms with Gasteiger partial charge in [0.05, 0.1) is 0 Å². The lowest BCUT2D eigenvalue weighted by Crippen LogP contribution is -2.41. The van der Waals surface area contributed by atoms with Crippen molar-refractivity contribution >= 4 is 11.9 Å².